The smallest absolute Gasteiger partial charge is 0.187 e. The SMILES string of the molecule is CCON=C(c1ncc[nH]1)c1ncc[nH]1. The van der Waals surface area contributed by atoms with E-state index < -0.39 is 0 Å². The fourth-order valence-electron chi connectivity index (χ4n) is 1.12. The molecule has 0 aliphatic carbocycles. The first kappa shape index (κ1) is 9.45. The highest BCUT2D eigenvalue weighted by Gasteiger charge is 2.12. The zero-order valence-corrected chi connectivity index (χ0v) is 8.27. The van der Waals surface area contributed by atoms with Gasteiger partial charge in [0.25, 0.3) is 0 Å². The van der Waals surface area contributed by atoms with Gasteiger partial charge in [-0.05, 0) is 6.92 Å². The molecule has 0 aliphatic rings. The number of H-pyrrole nitrogens is 2. The van der Waals surface area contributed by atoms with Gasteiger partial charge >= 0.3 is 0 Å². The summed E-state index contributed by atoms with van der Waals surface area (Å²) < 4.78 is 0. The molecule has 0 radical (unpaired) electrons. The van der Waals surface area contributed by atoms with Gasteiger partial charge in [0.05, 0.1) is 0 Å². The highest BCUT2D eigenvalue weighted by molar-refractivity contribution is 6.07. The molecule has 6 heteroatoms. The molecule has 2 aromatic heterocycles. The zero-order valence-electron chi connectivity index (χ0n) is 8.27. The van der Waals surface area contributed by atoms with E-state index in [0.29, 0.717) is 24.0 Å². The maximum Gasteiger partial charge on any atom is 0.187 e. The fraction of sp³-hybridized carbons (Fsp3) is 0.222. The molecule has 0 bridgehead atoms. The van der Waals surface area contributed by atoms with E-state index in [1.807, 2.05) is 6.92 Å². The normalized spacial score (nSPS) is 9.93. The molecule has 15 heavy (non-hydrogen) atoms. The van der Waals surface area contributed by atoms with E-state index in [2.05, 4.69) is 25.1 Å². The lowest BCUT2D eigenvalue weighted by atomic mass is 10.3. The summed E-state index contributed by atoms with van der Waals surface area (Å²) in [7, 11) is 0. The van der Waals surface area contributed by atoms with E-state index in [0.717, 1.165) is 0 Å². The van der Waals surface area contributed by atoms with Gasteiger partial charge in [0.2, 0.25) is 0 Å². The van der Waals surface area contributed by atoms with Crippen molar-refractivity contribution in [3.8, 4) is 0 Å². The first-order valence-electron chi connectivity index (χ1n) is 4.61. The molecule has 2 rings (SSSR count). The Bertz CT molecular complexity index is 381. The Labute approximate surface area is 86.4 Å². The molecule has 2 N–H and O–H groups in total. The molecular formula is C9H11N5O. The van der Waals surface area contributed by atoms with Gasteiger partial charge in [0, 0.05) is 24.8 Å². The van der Waals surface area contributed by atoms with Crippen molar-refractivity contribution < 1.29 is 4.84 Å². The minimum absolute atomic E-state index is 0.505. The van der Waals surface area contributed by atoms with E-state index in [1.54, 1.807) is 24.8 Å². The third kappa shape index (κ3) is 2.04. The van der Waals surface area contributed by atoms with Crippen LogP contribution < -0.4 is 0 Å². The van der Waals surface area contributed by atoms with E-state index in [4.69, 9.17) is 4.84 Å². The first-order chi connectivity index (χ1) is 7.42. The van der Waals surface area contributed by atoms with Gasteiger partial charge < -0.3 is 14.8 Å². The number of rotatable bonds is 4. The fourth-order valence-corrected chi connectivity index (χ4v) is 1.12. The Kier molecular flexibility index (Phi) is 2.77. The van der Waals surface area contributed by atoms with Crippen LogP contribution in [0.4, 0.5) is 0 Å². The van der Waals surface area contributed by atoms with Gasteiger partial charge in [-0.2, -0.15) is 0 Å². The maximum absolute atomic E-state index is 5.01. The third-order valence-electron chi connectivity index (χ3n) is 1.73. The van der Waals surface area contributed by atoms with Gasteiger partial charge in [-0.15, -0.1) is 0 Å². The standard InChI is InChI=1S/C9H11N5O/c1-2-15-14-7(8-10-3-4-11-8)9-12-5-6-13-9/h3-6H,2H2,1H3,(H,10,11)(H,12,13). The maximum atomic E-state index is 5.01. The molecule has 0 aliphatic heterocycles. The molecule has 78 valence electrons. The van der Waals surface area contributed by atoms with Crippen molar-refractivity contribution in [2.75, 3.05) is 6.61 Å². The molecule has 0 unspecified atom stereocenters. The van der Waals surface area contributed by atoms with Crippen LogP contribution in [0.25, 0.3) is 0 Å². The molecule has 6 nitrogen and oxygen atoms in total. The second kappa shape index (κ2) is 4.41. The van der Waals surface area contributed by atoms with Crippen molar-refractivity contribution in [3.05, 3.63) is 36.4 Å². The van der Waals surface area contributed by atoms with Crippen molar-refractivity contribution in [1.29, 1.82) is 0 Å². The number of imidazole rings is 2. The zero-order chi connectivity index (χ0) is 10.5. The van der Waals surface area contributed by atoms with E-state index in [9.17, 15) is 0 Å². The van der Waals surface area contributed by atoms with Gasteiger partial charge in [0.1, 0.15) is 6.61 Å². The quantitative estimate of drug-likeness (QED) is 0.575. The van der Waals surface area contributed by atoms with Gasteiger partial charge in [-0.25, -0.2) is 9.97 Å². The lowest BCUT2D eigenvalue weighted by Crippen LogP contribution is -2.08. The number of hydrogen-bond acceptors (Lipinski definition) is 4. The van der Waals surface area contributed by atoms with Crippen molar-refractivity contribution in [3.63, 3.8) is 0 Å². The summed E-state index contributed by atoms with van der Waals surface area (Å²) in [6, 6.07) is 0. The molecule has 0 amide bonds. The molecule has 2 aromatic rings. The molecule has 0 saturated carbocycles. The van der Waals surface area contributed by atoms with Crippen LogP contribution in [0, 0.1) is 0 Å². The molecular weight excluding hydrogens is 194 g/mol. The van der Waals surface area contributed by atoms with E-state index >= 15 is 0 Å². The molecule has 0 atom stereocenters. The molecule has 0 fully saturated rings. The van der Waals surface area contributed by atoms with Crippen LogP contribution in [0.5, 0.6) is 0 Å². The molecule has 0 saturated heterocycles. The molecule has 2 heterocycles. The first-order valence-corrected chi connectivity index (χ1v) is 4.61. The lowest BCUT2D eigenvalue weighted by Gasteiger charge is -1.99. The second-order valence-corrected chi connectivity index (χ2v) is 2.73. The molecule has 0 spiro atoms. The predicted octanol–water partition coefficient (Wildman–Crippen LogP) is 0.922. The van der Waals surface area contributed by atoms with E-state index in [1.165, 1.54) is 0 Å². The summed E-state index contributed by atoms with van der Waals surface area (Å²) in [5.74, 6) is 1.25. The van der Waals surface area contributed by atoms with Crippen LogP contribution in [0.1, 0.15) is 18.6 Å². The minimum Gasteiger partial charge on any atom is -0.395 e. The van der Waals surface area contributed by atoms with Crippen LogP contribution in [0.3, 0.4) is 0 Å². The average Bonchev–Trinajstić information content (AvgIpc) is 2.90. The molecule has 0 aromatic carbocycles. The average molecular weight is 205 g/mol. The predicted molar refractivity (Wildman–Crippen MR) is 54.4 cm³/mol. The van der Waals surface area contributed by atoms with Crippen LogP contribution in [-0.2, 0) is 4.84 Å². The highest BCUT2D eigenvalue weighted by Crippen LogP contribution is 2.02. The summed E-state index contributed by atoms with van der Waals surface area (Å²) >= 11 is 0. The number of aromatic nitrogens is 4. The Morgan fingerprint density at radius 1 is 1.27 bits per heavy atom. The van der Waals surface area contributed by atoms with Gasteiger partial charge in [0.15, 0.2) is 17.4 Å². The Balaban J connectivity index is 2.33. The van der Waals surface area contributed by atoms with Crippen LogP contribution in [-0.4, -0.2) is 32.3 Å². The largest absolute Gasteiger partial charge is 0.395 e. The summed E-state index contributed by atoms with van der Waals surface area (Å²) in [6.07, 6.45) is 6.75. The summed E-state index contributed by atoms with van der Waals surface area (Å²) in [6.45, 7) is 2.37. The van der Waals surface area contributed by atoms with Crippen LogP contribution in [0.15, 0.2) is 29.9 Å². The third-order valence-corrected chi connectivity index (χ3v) is 1.73. The van der Waals surface area contributed by atoms with Crippen molar-refractivity contribution >= 4 is 5.71 Å². The second-order valence-electron chi connectivity index (χ2n) is 2.73. The van der Waals surface area contributed by atoms with Crippen LogP contribution in [0.2, 0.25) is 0 Å². The van der Waals surface area contributed by atoms with Crippen molar-refractivity contribution in [1.82, 2.24) is 19.9 Å². The summed E-state index contributed by atoms with van der Waals surface area (Å²) in [4.78, 5) is 19.1. The Morgan fingerprint density at radius 3 is 2.27 bits per heavy atom. The minimum atomic E-state index is 0.505. The van der Waals surface area contributed by atoms with Gasteiger partial charge in [-0.3, -0.25) is 0 Å². The number of aromatic amines is 2. The summed E-state index contributed by atoms with van der Waals surface area (Å²) in [5.41, 5.74) is 0.562. The number of nitrogens with one attached hydrogen (secondary N) is 2. The highest BCUT2D eigenvalue weighted by atomic mass is 16.6. The van der Waals surface area contributed by atoms with Crippen LogP contribution >= 0.6 is 0 Å². The monoisotopic (exact) mass is 205 g/mol. The number of oxime groups is 1. The topological polar surface area (TPSA) is 79.0 Å². The lowest BCUT2D eigenvalue weighted by molar-refractivity contribution is 0.159. The van der Waals surface area contributed by atoms with Gasteiger partial charge in [-0.1, -0.05) is 5.16 Å². The summed E-state index contributed by atoms with van der Waals surface area (Å²) in [5, 5.41) is 3.96. The van der Waals surface area contributed by atoms with Crippen molar-refractivity contribution in [2.45, 2.75) is 6.92 Å². The Morgan fingerprint density at radius 2 is 1.87 bits per heavy atom. The number of nitrogens with zero attached hydrogens (tertiary/aromatic N) is 3. The Hall–Kier alpha value is -2.11. The van der Waals surface area contributed by atoms with E-state index in [-0.39, 0.29) is 0 Å². The van der Waals surface area contributed by atoms with Crippen molar-refractivity contribution in [2.24, 2.45) is 5.16 Å². The number of hydrogen-bond donors (Lipinski definition) is 2.